The van der Waals surface area contributed by atoms with E-state index < -0.39 is 6.67 Å². The topological polar surface area (TPSA) is 111 Å². The van der Waals surface area contributed by atoms with Crippen LogP contribution in [0.3, 0.4) is 0 Å². The van der Waals surface area contributed by atoms with Gasteiger partial charge in [0, 0.05) is 36.9 Å². The zero-order chi connectivity index (χ0) is 19.5. The van der Waals surface area contributed by atoms with Crippen LogP contribution < -0.4 is 11.1 Å². The van der Waals surface area contributed by atoms with Crippen molar-refractivity contribution in [1.82, 2.24) is 29.9 Å². The maximum absolute atomic E-state index is 12.2. The van der Waals surface area contributed by atoms with Crippen LogP contribution in [0.5, 0.6) is 0 Å². The zero-order valence-electron chi connectivity index (χ0n) is 14.7. The van der Waals surface area contributed by atoms with Gasteiger partial charge in [0.05, 0.1) is 22.5 Å². The maximum Gasteiger partial charge on any atom is 0.252 e. The predicted molar refractivity (Wildman–Crippen MR) is 102 cm³/mol. The van der Waals surface area contributed by atoms with Crippen LogP contribution in [0.1, 0.15) is 10.4 Å². The molecule has 0 aliphatic rings. The van der Waals surface area contributed by atoms with Gasteiger partial charge in [0.1, 0.15) is 6.67 Å². The highest BCUT2D eigenvalue weighted by atomic mass is 19.1. The monoisotopic (exact) mass is 377 g/mol. The van der Waals surface area contributed by atoms with Crippen LogP contribution in [0.4, 0.5) is 10.2 Å². The maximum atomic E-state index is 12.2. The number of hydrogen-bond acceptors (Lipinski definition) is 6. The number of alkyl halides is 1. The molecule has 0 spiro atoms. The molecule has 28 heavy (non-hydrogen) atoms. The number of nitrogens with zero attached hydrogens (tertiary/aromatic N) is 5. The van der Waals surface area contributed by atoms with Crippen LogP contribution in [0.15, 0.2) is 55.1 Å². The van der Waals surface area contributed by atoms with Crippen molar-refractivity contribution < 1.29 is 9.18 Å². The lowest BCUT2D eigenvalue weighted by molar-refractivity contribution is 0.0950. The minimum Gasteiger partial charge on any atom is -0.382 e. The summed E-state index contributed by atoms with van der Waals surface area (Å²) >= 11 is 0. The number of fused-ring (bicyclic) bond motifs is 1. The van der Waals surface area contributed by atoms with E-state index >= 15 is 0 Å². The molecule has 0 aliphatic heterocycles. The number of aromatic nitrogens is 5. The summed E-state index contributed by atoms with van der Waals surface area (Å²) in [6.07, 6.45) is 6.54. The van der Waals surface area contributed by atoms with Crippen molar-refractivity contribution in [3.63, 3.8) is 0 Å². The molecule has 0 unspecified atom stereocenters. The molecule has 140 valence electrons. The third kappa shape index (κ3) is 3.25. The van der Waals surface area contributed by atoms with Gasteiger partial charge in [-0.2, -0.15) is 0 Å². The summed E-state index contributed by atoms with van der Waals surface area (Å²) in [6, 6.07) is 8.85. The highest BCUT2D eigenvalue weighted by molar-refractivity contribution is 5.94. The fourth-order valence-electron chi connectivity index (χ4n) is 2.80. The van der Waals surface area contributed by atoms with E-state index in [9.17, 15) is 9.18 Å². The molecule has 9 heteroatoms. The first kappa shape index (κ1) is 17.5. The summed E-state index contributed by atoms with van der Waals surface area (Å²) < 4.78 is 13.7. The Morgan fingerprint density at radius 3 is 2.71 bits per heavy atom. The number of anilines is 1. The third-order valence-corrected chi connectivity index (χ3v) is 4.12. The summed E-state index contributed by atoms with van der Waals surface area (Å²) in [4.78, 5) is 24.9. The Morgan fingerprint density at radius 2 is 2.00 bits per heavy atom. The van der Waals surface area contributed by atoms with Crippen molar-refractivity contribution in [2.45, 2.75) is 0 Å². The van der Waals surface area contributed by atoms with Crippen molar-refractivity contribution in [2.75, 3.05) is 19.0 Å². The molecular formula is C19H16FN7O. The molecule has 4 rings (SSSR count). The van der Waals surface area contributed by atoms with Crippen molar-refractivity contribution in [2.24, 2.45) is 0 Å². The summed E-state index contributed by atoms with van der Waals surface area (Å²) in [5.41, 5.74) is 9.69. The summed E-state index contributed by atoms with van der Waals surface area (Å²) in [7, 11) is 0. The van der Waals surface area contributed by atoms with E-state index in [1.165, 1.54) is 6.20 Å². The Morgan fingerprint density at radius 1 is 1.11 bits per heavy atom. The van der Waals surface area contributed by atoms with Crippen LogP contribution in [-0.4, -0.2) is 43.7 Å². The molecule has 0 saturated heterocycles. The second-order valence-corrected chi connectivity index (χ2v) is 5.96. The van der Waals surface area contributed by atoms with E-state index in [1.54, 1.807) is 35.2 Å². The summed E-state index contributed by atoms with van der Waals surface area (Å²) in [5, 5.41) is 6.78. The molecule has 1 amide bonds. The van der Waals surface area contributed by atoms with E-state index in [2.05, 4.69) is 25.4 Å². The van der Waals surface area contributed by atoms with Crippen LogP contribution in [0.25, 0.3) is 28.2 Å². The van der Waals surface area contributed by atoms with Crippen LogP contribution in [0.2, 0.25) is 0 Å². The highest BCUT2D eigenvalue weighted by Crippen LogP contribution is 2.28. The molecule has 0 aliphatic carbocycles. The van der Waals surface area contributed by atoms with Crippen LogP contribution in [-0.2, 0) is 0 Å². The van der Waals surface area contributed by atoms with E-state index in [4.69, 9.17) is 5.73 Å². The van der Waals surface area contributed by atoms with E-state index in [0.717, 1.165) is 0 Å². The SMILES string of the molecule is Nc1nn2cc(-c3ccc(C(=O)NCCF)cn3)cnc2c1-c1ccccn1. The number of nitrogens with two attached hydrogens (primary N) is 1. The molecule has 4 aromatic heterocycles. The highest BCUT2D eigenvalue weighted by Gasteiger charge is 2.15. The predicted octanol–water partition coefficient (Wildman–Crippen LogP) is 2.13. The molecule has 0 saturated carbocycles. The molecule has 3 N–H and O–H groups in total. The normalized spacial score (nSPS) is 10.9. The lowest BCUT2D eigenvalue weighted by Gasteiger charge is -2.05. The summed E-state index contributed by atoms with van der Waals surface area (Å²) in [5.74, 6) is -0.0404. The molecular weight excluding hydrogens is 361 g/mol. The van der Waals surface area contributed by atoms with Crippen LogP contribution in [0, 0.1) is 0 Å². The summed E-state index contributed by atoms with van der Waals surface area (Å²) in [6.45, 7) is -0.642. The molecule has 0 aromatic carbocycles. The number of hydrogen-bond donors (Lipinski definition) is 2. The largest absolute Gasteiger partial charge is 0.382 e. The number of amides is 1. The fourth-order valence-corrected chi connectivity index (χ4v) is 2.80. The molecule has 0 bridgehead atoms. The van der Waals surface area contributed by atoms with E-state index in [1.807, 2.05) is 18.2 Å². The quantitative estimate of drug-likeness (QED) is 0.551. The molecule has 4 heterocycles. The lowest BCUT2D eigenvalue weighted by atomic mass is 10.1. The van der Waals surface area contributed by atoms with Gasteiger partial charge in [-0.05, 0) is 24.3 Å². The average Bonchev–Trinajstić information content (AvgIpc) is 3.07. The van der Waals surface area contributed by atoms with Gasteiger partial charge in [0.15, 0.2) is 11.5 Å². The van der Waals surface area contributed by atoms with E-state index in [0.29, 0.717) is 39.5 Å². The number of nitrogens with one attached hydrogen (secondary N) is 1. The minimum atomic E-state index is -0.615. The Kier molecular flexibility index (Phi) is 4.63. The van der Waals surface area contributed by atoms with Gasteiger partial charge in [-0.15, -0.1) is 5.10 Å². The van der Waals surface area contributed by atoms with E-state index in [-0.39, 0.29) is 12.5 Å². The van der Waals surface area contributed by atoms with Gasteiger partial charge in [-0.3, -0.25) is 14.8 Å². The second kappa shape index (κ2) is 7.39. The van der Waals surface area contributed by atoms with Gasteiger partial charge >= 0.3 is 0 Å². The molecule has 0 radical (unpaired) electrons. The smallest absolute Gasteiger partial charge is 0.252 e. The fraction of sp³-hybridized carbons (Fsp3) is 0.105. The lowest BCUT2D eigenvalue weighted by Crippen LogP contribution is -2.25. The third-order valence-electron chi connectivity index (χ3n) is 4.12. The van der Waals surface area contributed by atoms with Gasteiger partial charge < -0.3 is 11.1 Å². The average molecular weight is 377 g/mol. The number of halogens is 1. The molecule has 4 aromatic rings. The second-order valence-electron chi connectivity index (χ2n) is 5.96. The zero-order valence-corrected chi connectivity index (χ0v) is 14.7. The number of pyridine rings is 2. The first-order valence-corrected chi connectivity index (χ1v) is 8.53. The van der Waals surface area contributed by atoms with Gasteiger partial charge in [0.2, 0.25) is 0 Å². The standard InChI is InChI=1S/C19H16FN7O/c20-6-8-23-19(28)12-4-5-14(24-9-12)13-10-25-18-16(15-3-1-2-7-22-15)17(21)26-27(18)11-13/h1-5,7,9-11H,6,8H2,(H2,21,26)(H,23,28). The number of carbonyl (C=O) groups excluding carboxylic acids is 1. The molecule has 0 atom stereocenters. The number of carbonyl (C=O) groups is 1. The van der Waals surface area contributed by atoms with Gasteiger partial charge in [-0.25, -0.2) is 13.9 Å². The Balaban J connectivity index is 1.66. The first-order valence-electron chi connectivity index (χ1n) is 8.53. The number of nitrogen functional groups attached to an aromatic ring is 1. The van der Waals surface area contributed by atoms with Gasteiger partial charge in [0.25, 0.3) is 5.91 Å². The van der Waals surface area contributed by atoms with Gasteiger partial charge in [-0.1, -0.05) is 6.07 Å². The number of rotatable bonds is 5. The Labute approximate surface area is 159 Å². The minimum absolute atomic E-state index is 0.0273. The van der Waals surface area contributed by atoms with Crippen molar-refractivity contribution in [3.05, 3.63) is 60.7 Å². The first-order chi connectivity index (χ1) is 13.7. The van der Waals surface area contributed by atoms with Crippen molar-refractivity contribution >= 4 is 17.4 Å². The molecule has 8 nitrogen and oxygen atoms in total. The Hall–Kier alpha value is -3.88. The Bertz CT molecular complexity index is 1130. The van der Waals surface area contributed by atoms with Crippen molar-refractivity contribution in [3.8, 4) is 22.5 Å². The molecule has 0 fully saturated rings. The van der Waals surface area contributed by atoms with Crippen LogP contribution >= 0.6 is 0 Å². The van der Waals surface area contributed by atoms with Crippen molar-refractivity contribution in [1.29, 1.82) is 0 Å².